The van der Waals surface area contributed by atoms with E-state index in [4.69, 9.17) is 0 Å². The maximum absolute atomic E-state index is 4.12. The summed E-state index contributed by atoms with van der Waals surface area (Å²) in [6.07, 6.45) is 5.68. The second-order valence-corrected chi connectivity index (χ2v) is 3.42. The minimum absolute atomic E-state index is 0.818. The Balaban J connectivity index is 1.75. The van der Waals surface area contributed by atoms with Crippen LogP contribution >= 0.6 is 0 Å². The van der Waals surface area contributed by atoms with E-state index in [1.54, 1.807) is 0 Å². The van der Waals surface area contributed by atoms with E-state index >= 15 is 0 Å². The molecule has 1 N–H and O–H groups in total. The van der Waals surface area contributed by atoms with Gasteiger partial charge >= 0.3 is 0 Å². The Morgan fingerprint density at radius 3 is 3.08 bits per heavy atom. The van der Waals surface area contributed by atoms with Gasteiger partial charge in [-0.05, 0) is 18.9 Å². The van der Waals surface area contributed by atoms with E-state index in [0.29, 0.717) is 0 Å². The SMILES string of the molecule is Cn1nccc1CCNC1CC1. The van der Waals surface area contributed by atoms with Crippen molar-refractivity contribution in [2.75, 3.05) is 6.54 Å². The van der Waals surface area contributed by atoms with Crippen LogP contribution in [-0.4, -0.2) is 22.4 Å². The molecule has 1 heterocycles. The van der Waals surface area contributed by atoms with Crippen LogP contribution in [-0.2, 0) is 13.5 Å². The fourth-order valence-corrected chi connectivity index (χ4v) is 1.34. The second kappa shape index (κ2) is 3.27. The van der Waals surface area contributed by atoms with Crippen molar-refractivity contribution in [3.63, 3.8) is 0 Å². The van der Waals surface area contributed by atoms with Crippen LogP contribution in [0.1, 0.15) is 18.5 Å². The highest BCUT2D eigenvalue weighted by Gasteiger charge is 2.19. The quantitative estimate of drug-likeness (QED) is 0.712. The Bertz CT molecular complexity index is 250. The topological polar surface area (TPSA) is 29.9 Å². The van der Waals surface area contributed by atoms with Crippen molar-refractivity contribution in [3.8, 4) is 0 Å². The molecular weight excluding hydrogens is 150 g/mol. The van der Waals surface area contributed by atoms with Gasteiger partial charge in [0.15, 0.2) is 0 Å². The molecular formula is C9H15N3. The first-order valence-electron chi connectivity index (χ1n) is 4.56. The van der Waals surface area contributed by atoms with E-state index in [9.17, 15) is 0 Å². The van der Waals surface area contributed by atoms with E-state index in [-0.39, 0.29) is 0 Å². The summed E-state index contributed by atoms with van der Waals surface area (Å²) in [6.45, 7) is 1.09. The Kier molecular flexibility index (Phi) is 2.13. The third-order valence-corrected chi connectivity index (χ3v) is 2.31. The van der Waals surface area contributed by atoms with Gasteiger partial charge in [0.05, 0.1) is 0 Å². The first-order valence-corrected chi connectivity index (χ1v) is 4.56. The summed E-state index contributed by atoms with van der Waals surface area (Å²) in [5.41, 5.74) is 1.31. The summed E-state index contributed by atoms with van der Waals surface area (Å²) in [7, 11) is 1.99. The summed E-state index contributed by atoms with van der Waals surface area (Å²) >= 11 is 0. The van der Waals surface area contributed by atoms with Crippen LogP contribution in [0.4, 0.5) is 0 Å². The summed E-state index contributed by atoms with van der Waals surface area (Å²) < 4.78 is 1.94. The van der Waals surface area contributed by atoms with Gasteiger partial charge in [0, 0.05) is 37.9 Å². The minimum Gasteiger partial charge on any atom is -0.314 e. The molecule has 3 heteroatoms. The van der Waals surface area contributed by atoms with Crippen molar-refractivity contribution in [1.29, 1.82) is 0 Å². The van der Waals surface area contributed by atoms with Gasteiger partial charge in [-0.1, -0.05) is 0 Å². The van der Waals surface area contributed by atoms with Gasteiger partial charge in [-0.25, -0.2) is 0 Å². The lowest BCUT2D eigenvalue weighted by Crippen LogP contribution is -2.20. The molecule has 0 unspecified atom stereocenters. The van der Waals surface area contributed by atoms with E-state index in [1.165, 1.54) is 18.5 Å². The molecule has 1 aromatic heterocycles. The van der Waals surface area contributed by atoms with E-state index in [2.05, 4.69) is 16.5 Å². The maximum Gasteiger partial charge on any atom is 0.0492 e. The highest BCUT2D eigenvalue weighted by Crippen LogP contribution is 2.18. The van der Waals surface area contributed by atoms with Gasteiger partial charge < -0.3 is 5.32 Å². The van der Waals surface area contributed by atoms with Crippen molar-refractivity contribution < 1.29 is 0 Å². The molecule has 12 heavy (non-hydrogen) atoms. The van der Waals surface area contributed by atoms with Crippen LogP contribution in [0.2, 0.25) is 0 Å². The zero-order valence-electron chi connectivity index (χ0n) is 7.45. The Morgan fingerprint density at radius 1 is 1.67 bits per heavy atom. The first-order chi connectivity index (χ1) is 5.86. The Hall–Kier alpha value is -0.830. The van der Waals surface area contributed by atoms with Crippen molar-refractivity contribution in [1.82, 2.24) is 15.1 Å². The third kappa shape index (κ3) is 1.85. The Labute approximate surface area is 72.8 Å². The zero-order chi connectivity index (χ0) is 8.39. The van der Waals surface area contributed by atoms with Crippen LogP contribution < -0.4 is 5.32 Å². The molecule has 0 bridgehead atoms. The number of aromatic nitrogens is 2. The molecule has 3 nitrogen and oxygen atoms in total. The fourth-order valence-electron chi connectivity index (χ4n) is 1.34. The van der Waals surface area contributed by atoms with Crippen molar-refractivity contribution in [2.24, 2.45) is 7.05 Å². The minimum atomic E-state index is 0.818. The molecule has 1 fully saturated rings. The van der Waals surface area contributed by atoms with Crippen LogP contribution in [0.3, 0.4) is 0 Å². The lowest BCUT2D eigenvalue weighted by molar-refractivity contribution is 0.640. The molecule has 0 amide bonds. The molecule has 1 aromatic rings. The summed E-state index contributed by atoms with van der Waals surface area (Å²) in [4.78, 5) is 0. The van der Waals surface area contributed by atoms with Gasteiger partial charge in [0.25, 0.3) is 0 Å². The first kappa shape index (κ1) is 7.80. The average molecular weight is 165 g/mol. The molecule has 1 aliphatic rings. The molecule has 1 saturated carbocycles. The molecule has 0 aliphatic heterocycles. The lowest BCUT2D eigenvalue weighted by atomic mass is 10.3. The molecule has 0 radical (unpaired) electrons. The molecule has 1 aliphatic carbocycles. The molecule has 0 aromatic carbocycles. The van der Waals surface area contributed by atoms with Gasteiger partial charge in [0.1, 0.15) is 0 Å². The summed E-state index contributed by atoms with van der Waals surface area (Å²) in [5, 5.41) is 7.60. The number of aryl methyl sites for hydroxylation is 1. The number of hydrogen-bond donors (Lipinski definition) is 1. The van der Waals surface area contributed by atoms with Crippen LogP contribution in [0.25, 0.3) is 0 Å². The number of rotatable bonds is 4. The monoisotopic (exact) mass is 165 g/mol. The maximum atomic E-state index is 4.12. The average Bonchev–Trinajstić information content (AvgIpc) is 2.78. The summed E-state index contributed by atoms with van der Waals surface area (Å²) in [5.74, 6) is 0. The van der Waals surface area contributed by atoms with Gasteiger partial charge in [-0.3, -0.25) is 4.68 Å². The van der Waals surface area contributed by atoms with Crippen LogP contribution in [0.15, 0.2) is 12.3 Å². The molecule has 0 saturated heterocycles. The standard InChI is InChI=1S/C9H15N3/c1-12-9(5-7-11-12)4-6-10-8-2-3-8/h5,7-8,10H,2-4,6H2,1H3. The number of nitrogens with one attached hydrogen (secondary N) is 1. The highest BCUT2D eigenvalue weighted by atomic mass is 15.3. The van der Waals surface area contributed by atoms with Gasteiger partial charge in [-0.15, -0.1) is 0 Å². The van der Waals surface area contributed by atoms with Crippen LogP contribution in [0, 0.1) is 0 Å². The second-order valence-electron chi connectivity index (χ2n) is 3.42. The van der Waals surface area contributed by atoms with Crippen molar-refractivity contribution in [3.05, 3.63) is 18.0 Å². The summed E-state index contributed by atoms with van der Waals surface area (Å²) in [6, 6.07) is 2.90. The van der Waals surface area contributed by atoms with Gasteiger partial charge in [0.2, 0.25) is 0 Å². The normalized spacial score (nSPS) is 16.8. The number of nitrogens with zero attached hydrogens (tertiary/aromatic N) is 2. The smallest absolute Gasteiger partial charge is 0.0492 e. The van der Waals surface area contributed by atoms with Crippen molar-refractivity contribution >= 4 is 0 Å². The number of hydrogen-bond acceptors (Lipinski definition) is 2. The Morgan fingerprint density at radius 2 is 2.50 bits per heavy atom. The van der Waals surface area contributed by atoms with E-state index in [0.717, 1.165) is 19.0 Å². The van der Waals surface area contributed by atoms with Crippen molar-refractivity contribution in [2.45, 2.75) is 25.3 Å². The van der Waals surface area contributed by atoms with E-state index < -0.39 is 0 Å². The molecule has 2 rings (SSSR count). The molecule has 0 spiro atoms. The lowest BCUT2D eigenvalue weighted by Gasteiger charge is -2.02. The molecule has 66 valence electrons. The largest absolute Gasteiger partial charge is 0.314 e. The predicted octanol–water partition coefficient (Wildman–Crippen LogP) is 0.715. The molecule has 0 atom stereocenters. The zero-order valence-corrected chi connectivity index (χ0v) is 7.45. The van der Waals surface area contributed by atoms with Crippen LogP contribution in [0.5, 0.6) is 0 Å². The highest BCUT2D eigenvalue weighted by molar-refractivity contribution is 5.00. The predicted molar refractivity (Wildman–Crippen MR) is 47.9 cm³/mol. The van der Waals surface area contributed by atoms with E-state index in [1.807, 2.05) is 17.9 Å². The fraction of sp³-hybridized carbons (Fsp3) is 0.667. The third-order valence-electron chi connectivity index (χ3n) is 2.31. The van der Waals surface area contributed by atoms with Gasteiger partial charge in [-0.2, -0.15) is 5.10 Å².